The van der Waals surface area contributed by atoms with E-state index in [9.17, 15) is 4.39 Å². The first kappa shape index (κ1) is 10.7. The van der Waals surface area contributed by atoms with Gasteiger partial charge in [0, 0.05) is 12.1 Å². The van der Waals surface area contributed by atoms with Crippen LogP contribution in [0, 0.1) is 12.7 Å². The number of oxazole rings is 1. The highest BCUT2D eigenvalue weighted by molar-refractivity contribution is 5.70. The van der Waals surface area contributed by atoms with Crippen molar-refractivity contribution in [3.05, 3.63) is 35.5 Å². The van der Waals surface area contributed by atoms with Crippen LogP contribution in [0.15, 0.2) is 22.6 Å². The molecule has 0 atom stereocenters. The van der Waals surface area contributed by atoms with Gasteiger partial charge in [0.05, 0.1) is 11.3 Å². The van der Waals surface area contributed by atoms with E-state index in [1.54, 1.807) is 0 Å². The van der Waals surface area contributed by atoms with Crippen LogP contribution in [-0.2, 0) is 6.42 Å². The van der Waals surface area contributed by atoms with Crippen molar-refractivity contribution in [1.82, 2.24) is 4.98 Å². The van der Waals surface area contributed by atoms with Crippen molar-refractivity contribution in [2.24, 2.45) is 0 Å². The standard InChI is InChI=1S/C12H13FN2O/c1-3-11-7(2)15-12(16-11)9-6-8(13)4-5-10(9)14/h4-6H,3,14H2,1-2H3. The molecule has 0 fully saturated rings. The van der Waals surface area contributed by atoms with Crippen molar-refractivity contribution in [1.29, 1.82) is 0 Å². The second-order valence-corrected chi connectivity index (χ2v) is 3.61. The van der Waals surface area contributed by atoms with Gasteiger partial charge in [-0.25, -0.2) is 9.37 Å². The van der Waals surface area contributed by atoms with Crippen molar-refractivity contribution in [3.63, 3.8) is 0 Å². The second-order valence-electron chi connectivity index (χ2n) is 3.61. The summed E-state index contributed by atoms with van der Waals surface area (Å²) in [6.45, 7) is 3.84. The van der Waals surface area contributed by atoms with E-state index in [0.717, 1.165) is 17.9 Å². The molecular weight excluding hydrogens is 207 g/mol. The summed E-state index contributed by atoms with van der Waals surface area (Å²) in [5.74, 6) is 0.836. The van der Waals surface area contributed by atoms with Gasteiger partial charge < -0.3 is 10.2 Å². The molecule has 16 heavy (non-hydrogen) atoms. The summed E-state index contributed by atoms with van der Waals surface area (Å²) in [6.07, 6.45) is 0.758. The number of anilines is 1. The van der Waals surface area contributed by atoms with Gasteiger partial charge in [-0.2, -0.15) is 0 Å². The Labute approximate surface area is 93.1 Å². The van der Waals surface area contributed by atoms with Gasteiger partial charge >= 0.3 is 0 Å². The molecule has 0 saturated carbocycles. The molecule has 1 heterocycles. The van der Waals surface area contributed by atoms with E-state index in [2.05, 4.69) is 4.98 Å². The fraction of sp³-hybridized carbons (Fsp3) is 0.250. The summed E-state index contributed by atoms with van der Waals surface area (Å²) in [4.78, 5) is 4.24. The number of aromatic nitrogens is 1. The van der Waals surface area contributed by atoms with Crippen LogP contribution < -0.4 is 5.73 Å². The minimum atomic E-state index is -0.349. The summed E-state index contributed by atoms with van der Waals surface area (Å²) < 4.78 is 18.6. The highest BCUT2D eigenvalue weighted by atomic mass is 19.1. The van der Waals surface area contributed by atoms with Crippen LogP contribution in [-0.4, -0.2) is 4.98 Å². The van der Waals surface area contributed by atoms with Gasteiger partial charge in [-0.3, -0.25) is 0 Å². The Morgan fingerprint density at radius 3 is 2.81 bits per heavy atom. The van der Waals surface area contributed by atoms with E-state index in [1.165, 1.54) is 18.2 Å². The average molecular weight is 220 g/mol. The molecule has 2 aromatic rings. The van der Waals surface area contributed by atoms with E-state index in [0.29, 0.717) is 17.1 Å². The third kappa shape index (κ3) is 1.78. The number of aryl methyl sites for hydroxylation is 2. The number of nitrogens with zero attached hydrogens (tertiary/aromatic N) is 1. The highest BCUT2D eigenvalue weighted by Crippen LogP contribution is 2.27. The van der Waals surface area contributed by atoms with Gasteiger partial charge in [0.2, 0.25) is 5.89 Å². The Bertz CT molecular complexity index is 520. The van der Waals surface area contributed by atoms with Crippen LogP contribution in [0.25, 0.3) is 11.5 Å². The number of hydrogen-bond acceptors (Lipinski definition) is 3. The van der Waals surface area contributed by atoms with Crippen molar-refractivity contribution in [2.45, 2.75) is 20.3 Å². The topological polar surface area (TPSA) is 52.0 Å². The molecule has 2 N–H and O–H groups in total. The van der Waals surface area contributed by atoms with Crippen molar-refractivity contribution in [2.75, 3.05) is 5.73 Å². The van der Waals surface area contributed by atoms with Crippen LogP contribution in [0.1, 0.15) is 18.4 Å². The summed E-state index contributed by atoms with van der Waals surface area (Å²) in [5, 5.41) is 0. The molecule has 84 valence electrons. The third-order valence-electron chi connectivity index (χ3n) is 2.46. The first-order chi connectivity index (χ1) is 7.61. The molecule has 3 nitrogen and oxygen atoms in total. The van der Waals surface area contributed by atoms with E-state index >= 15 is 0 Å². The zero-order valence-corrected chi connectivity index (χ0v) is 9.25. The van der Waals surface area contributed by atoms with Gasteiger partial charge in [-0.1, -0.05) is 6.92 Å². The number of nitrogen functional groups attached to an aromatic ring is 1. The van der Waals surface area contributed by atoms with E-state index in [-0.39, 0.29) is 5.82 Å². The van der Waals surface area contributed by atoms with Crippen molar-refractivity contribution in [3.8, 4) is 11.5 Å². The maximum absolute atomic E-state index is 13.1. The highest BCUT2D eigenvalue weighted by Gasteiger charge is 2.13. The lowest BCUT2D eigenvalue weighted by molar-refractivity contribution is 0.522. The SMILES string of the molecule is CCc1oc(-c2cc(F)ccc2N)nc1C. The molecule has 0 aliphatic carbocycles. The van der Waals surface area contributed by atoms with E-state index in [4.69, 9.17) is 10.2 Å². The van der Waals surface area contributed by atoms with Gasteiger partial charge in [-0.15, -0.1) is 0 Å². The number of hydrogen-bond donors (Lipinski definition) is 1. The smallest absolute Gasteiger partial charge is 0.228 e. The quantitative estimate of drug-likeness (QED) is 0.791. The Balaban J connectivity index is 2.53. The van der Waals surface area contributed by atoms with Gasteiger partial charge in [0.1, 0.15) is 11.6 Å². The lowest BCUT2D eigenvalue weighted by Crippen LogP contribution is -1.91. The zero-order chi connectivity index (χ0) is 11.7. The largest absolute Gasteiger partial charge is 0.441 e. The second kappa shape index (κ2) is 3.96. The predicted molar refractivity (Wildman–Crippen MR) is 60.4 cm³/mol. The maximum Gasteiger partial charge on any atom is 0.228 e. The normalized spacial score (nSPS) is 10.7. The first-order valence-corrected chi connectivity index (χ1v) is 5.13. The maximum atomic E-state index is 13.1. The molecular formula is C12H13FN2O. The Kier molecular flexibility index (Phi) is 2.64. The van der Waals surface area contributed by atoms with Crippen molar-refractivity contribution < 1.29 is 8.81 Å². The molecule has 0 unspecified atom stereocenters. The number of halogens is 1. The van der Waals surface area contributed by atoms with Crippen LogP contribution in [0.3, 0.4) is 0 Å². The minimum Gasteiger partial charge on any atom is -0.441 e. The third-order valence-corrected chi connectivity index (χ3v) is 2.46. The molecule has 1 aromatic carbocycles. The monoisotopic (exact) mass is 220 g/mol. The minimum absolute atomic E-state index is 0.349. The molecule has 0 aliphatic rings. The van der Waals surface area contributed by atoms with Crippen LogP contribution in [0.2, 0.25) is 0 Å². The summed E-state index contributed by atoms with van der Waals surface area (Å²) in [7, 11) is 0. The fourth-order valence-electron chi connectivity index (χ4n) is 1.58. The number of rotatable bonds is 2. The number of benzene rings is 1. The molecule has 1 aromatic heterocycles. The molecule has 0 amide bonds. The molecule has 0 radical (unpaired) electrons. The Morgan fingerprint density at radius 2 is 2.19 bits per heavy atom. The lowest BCUT2D eigenvalue weighted by atomic mass is 10.2. The van der Waals surface area contributed by atoms with Crippen LogP contribution >= 0.6 is 0 Å². The number of nitrogens with two attached hydrogens (primary N) is 1. The van der Waals surface area contributed by atoms with Gasteiger partial charge in [0.15, 0.2) is 0 Å². The van der Waals surface area contributed by atoms with Crippen molar-refractivity contribution >= 4 is 5.69 Å². The fourth-order valence-corrected chi connectivity index (χ4v) is 1.58. The molecule has 0 saturated heterocycles. The first-order valence-electron chi connectivity index (χ1n) is 5.13. The molecule has 4 heteroatoms. The zero-order valence-electron chi connectivity index (χ0n) is 9.25. The van der Waals surface area contributed by atoms with Gasteiger partial charge in [0.25, 0.3) is 0 Å². The van der Waals surface area contributed by atoms with E-state index < -0.39 is 0 Å². The van der Waals surface area contributed by atoms with Crippen LogP contribution in [0.4, 0.5) is 10.1 Å². The molecule has 2 rings (SSSR count). The Hall–Kier alpha value is -1.84. The molecule has 0 spiro atoms. The molecule has 0 bridgehead atoms. The lowest BCUT2D eigenvalue weighted by Gasteiger charge is -2.00. The summed E-state index contributed by atoms with van der Waals surface area (Å²) in [6, 6.07) is 4.16. The van der Waals surface area contributed by atoms with E-state index in [1.807, 2.05) is 13.8 Å². The predicted octanol–water partition coefficient (Wildman–Crippen LogP) is 2.93. The Morgan fingerprint density at radius 1 is 1.44 bits per heavy atom. The van der Waals surface area contributed by atoms with Crippen LogP contribution in [0.5, 0.6) is 0 Å². The summed E-state index contributed by atoms with van der Waals surface area (Å²) >= 11 is 0. The van der Waals surface area contributed by atoms with Gasteiger partial charge in [-0.05, 0) is 25.1 Å². The summed E-state index contributed by atoms with van der Waals surface area (Å²) in [5.41, 5.74) is 7.54. The molecule has 0 aliphatic heterocycles. The average Bonchev–Trinajstić information content (AvgIpc) is 2.63.